The van der Waals surface area contributed by atoms with Crippen molar-refractivity contribution in [2.75, 3.05) is 36.4 Å². The van der Waals surface area contributed by atoms with E-state index < -0.39 is 0 Å². The highest BCUT2D eigenvalue weighted by atomic mass is 16.2. The molecule has 1 saturated heterocycles. The van der Waals surface area contributed by atoms with Crippen LogP contribution in [0, 0.1) is 5.92 Å². The first kappa shape index (κ1) is 24.2. The molecule has 2 saturated carbocycles. The van der Waals surface area contributed by atoms with E-state index in [1.165, 1.54) is 0 Å². The summed E-state index contributed by atoms with van der Waals surface area (Å²) in [4.78, 5) is 46.6. The Bertz CT molecular complexity index is 1100. The molecule has 9 nitrogen and oxygen atoms in total. The summed E-state index contributed by atoms with van der Waals surface area (Å²) >= 11 is 0. The third-order valence-electron chi connectivity index (χ3n) is 7.42. The van der Waals surface area contributed by atoms with E-state index in [1.54, 1.807) is 30.6 Å². The minimum atomic E-state index is -0.264. The summed E-state index contributed by atoms with van der Waals surface area (Å²) in [5.41, 5.74) is 8.42. The minimum Gasteiger partial charge on any atom is -0.366 e. The molecule has 3 aliphatic rings. The SMILES string of the molecule is NC1CCC(NC(=O)c2ccc(N3CCN(C(=O)C4CC4)CC3)c(NC(=O)c3ccncc3)c2)CC1. The predicted octanol–water partition coefficient (Wildman–Crippen LogP) is 2.39. The lowest BCUT2D eigenvalue weighted by Gasteiger charge is -2.37. The van der Waals surface area contributed by atoms with Gasteiger partial charge in [-0.15, -0.1) is 0 Å². The molecule has 36 heavy (non-hydrogen) atoms. The van der Waals surface area contributed by atoms with Gasteiger partial charge in [0.25, 0.3) is 11.8 Å². The Kier molecular flexibility index (Phi) is 7.18. The highest BCUT2D eigenvalue weighted by molar-refractivity contribution is 6.07. The fourth-order valence-electron chi connectivity index (χ4n) is 5.04. The molecule has 3 fully saturated rings. The lowest BCUT2D eigenvalue weighted by molar-refractivity contribution is -0.132. The van der Waals surface area contributed by atoms with E-state index in [2.05, 4.69) is 20.5 Å². The lowest BCUT2D eigenvalue weighted by Crippen LogP contribution is -2.49. The first-order valence-electron chi connectivity index (χ1n) is 12.9. The van der Waals surface area contributed by atoms with Crippen molar-refractivity contribution >= 4 is 29.1 Å². The predicted molar refractivity (Wildman–Crippen MR) is 138 cm³/mol. The number of rotatable bonds is 6. The third kappa shape index (κ3) is 5.67. The van der Waals surface area contributed by atoms with Crippen molar-refractivity contribution in [1.82, 2.24) is 15.2 Å². The Labute approximate surface area is 211 Å². The van der Waals surface area contributed by atoms with Gasteiger partial charge in [-0.3, -0.25) is 19.4 Å². The fourth-order valence-corrected chi connectivity index (χ4v) is 5.04. The Morgan fingerprint density at radius 1 is 0.833 bits per heavy atom. The lowest BCUT2D eigenvalue weighted by atomic mass is 9.91. The summed E-state index contributed by atoms with van der Waals surface area (Å²) in [5.74, 6) is 0.0577. The highest BCUT2D eigenvalue weighted by Gasteiger charge is 2.35. The zero-order valence-corrected chi connectivity index (χ0v) is 20.5. The number of amides is 3. The van der Waals surface area contributed by atoms with Gasteiger partial charge in [0, 0.05) is 67.7 Å². The van der Waals surface area contributed by atoms with Gasteiger partial charge in [0.05, 0.1) is 11.4 Å². The number of benzene rings is 1. The molecule has 1 aromatic heterocycles. The van der Waals surface area contributed by atoms with Crippen LogP contribution in [0.3, 0.4) is 0 Å². The molecule has 1 aromatic carbocycles. The van der Waals surface area contributed by atoms with Crippen molar-refractivity contribution in [1.29, 1.82) is 0 Å². The number of aromatic nitrogens is 1. The molecular formula is C27H34N6O3. The standard InChI is InChI=1S/C27H34N6O3/c28-21-4-6-22(7-5-21)30-26(35)20-3-8-24(23(17-20)31-25(34)18-9-11-29-12-10-18)32-13-15-33(16-14-32)27(36)19-1-2-19/h3,8-12,17,19,21-22H,1-2,4-7,13-16,28H2,(H,30,35)(H,31,34). The zero-order chi connectivity index (χ0) is 25.1. The van der Waals surface area contributed by atoms with Crippen molar-refractivity contribution in [3.05, 3.63) is 53.9 Å². The van der Waals surface area contributed by atoms with Gasteiger partial charge in [-0.1, -0.05) is 0 Å². The van der Waals surface area contributed by atoms with Crippen molar-refractivity contribution in [3.8, 4) is 0 Å². The Morgan fingerprint density at radius 2 is 1.53 bits per heavy atom. The van der Waals surface area contributed by atoms with Gasteiger partial charge in [0.1, 0.15) is 0 Å². The zero-order valence-electron chi connectivity index (χ0n) is 20.5. The molecular weight excluding hydrogens is 456 g/mol. The van der Waals surface area contributed by atoms with Crippen molar-refractivity contribution < 1.29 is 14.4 Å². The summed E-state index contributed by atoms with van der Waals surface area (Å²) in [7, 11) is 0. The maximum absolute atomic E-state index is 13.1. The van der Waals surface area contributed by atoms with E-state index in [0.29, 0.717) is 43.0 Å². The summed E-state index contributed by atoms with van der Waals surface area (Å²) in [6.07, 6.45) is 8.72. The van der Waals surface area contributed by atoms with Crippen LogP contribution in [0.2, 0.25) is 0 Å². The van der Waals surface area contributed by atoms with Crippen molar-refractivity contribution in [2.45, 2.75) is 50.6 Å². The largest absolute Gasteiger partial charge is 0.366 e. The van der Waals surface area contributed by atoms with Crippen LogP contribution in [-0.4, -0.2) is 65.9 Å². The summed E-state index contributed by atoms with van der Waals surface area (Å²) < 4.78 is 0. The molecule has 2 aliphatic carbocycles. The van der Waals surface area contributed by atoms with E-state index >= 15 is 0 Å². The highest BCUT2D eigenvalue weighted by Crippen LogP contribution is 2.33. The molecule has 2 heterocycles. The number of hydrogen-bond acceptors (Lipinski definition) is 6. The van der Waals surface area contributed by atoms with Crippen molar-refractivity contribution in [2.24, 2.45) is 11.7 Å². The normalized spacial score (nSPS) is 22.1. The van der Waals surface area contributed by atoms with Crippen molar-refractivity contribution in [3.63, 3.8) is 0 Å². The number of hydrogen-bond donors (Lipinski definition) is 3. The number of anilines is 2. The summed E-state index contributed by atoms with van der Waals surface area (Å²) in [5, 5.41) is 6.13. The summed E-state index contributed by atoms with van der Waals surface area (Å²) in [6.45, 7) is 2.65. The van der Waals surface area contributed by atoms with E-state index in [0.717, 1.165) is 44.2 Å². The molecule has 3 amide bonds. The Morgan fingerprint density at radius 3 is 2.19 bits per heavy atom. The number of nitrogens with one attached hydrogen (secondary N) is 2. The molecule has 0 spiro atoms. The van der Waals surface area contributed by atoms with E-state index in [4.69, 9.17) is 5.73 Å². The van der Waals surface area contributed by atoms with Crippen LogP contribution in [-0.2, 0) is 4.79 Å². The van der Waals surface area contributed by atoms with Crippen LogP contribution in [0.4, 0.5) is 11.4 Å². The van der Waals surface area contributed by atoms with Gasteiger partial charge in [-0.05, 0) is 68.9 Å². The van der Waals surface area contributed by atoms with E-state index in [-0.39, 0.29) is 35.7 Å². The molecule has 9 heteroatoms. The maximum atomic E-state index is 13.1. The molecule has 0 unspecified atom stereocenters. The van der Waals surface area contributed by atoms with Crippen LogP contribution in [0.1, 0.15) is 59.2 Å². The fraction of sp³-hybridized carbons (Fsp3) is 0.481. The number of nitrogens with zero attached hydrogens (tertiary/aromatic N) is 3. The monoisotopic (exact) mass is 490 g/mol. The minimum absolute atomic E-state index is 0.115. The number of carbonyl (C=O) groups excluding carboxylic acids is 3. The van der Waals surface area contributed by atoms with Crippen LogP contribution in [0.15, 0.2) is 42.7 Å². The molecule has 0 bridgehead atoms. The molecule has 5 rings (SSSR count). The van der Waals surface area contributed by atoms with E-state index in [1.807, 2.05) is 17.0 Å². The van der Waals surface area contributed by atoms with Crippen LogP contribution in [0.5, 0.6) is 0 Å². The van der Waals surface area contributed by atoms with Gasteiger partial charge in [-0.2, -0.15) is 0 Å². The first-order chi connectivity index (χ1) is 17.5. The molecule has 1 aliphatic heterocycles. The maximum Gasteiger partial charge on any atom is 0.255 e. The Hall–Kier alpha value is -3.46. The van der Waals surface area contributed by atoms with Gasteiger partial charge in [-0.25, -0.2) is 0 Å². The first-order valence-corrected chi connectivity index (χ1v) is 12.9. The quantitative estimate of drug-likeness (QED) is 0.572. The Balaban J connectivity index is 1.33. The molecule has 0 radical (unpaired) electrons. The smallest absolute Gasteiger partial charge is 0.255 e. The topological polar surface area (TPSA) is 121 Å². The second-order valence-electron chi connectivity index (χ2n) is 10.1. The average Bonchev–Trinajstić information content (AvgIpc) is 3.76. The average molecular weight is 491 g/mol. The second-order valence-corrected chi connectivity index (χ2v) is 10.1. The molecule has 2 aromatic rings. The third-order valence-corrected chi connectivity index (χ3v) is 7.42. The second kappa shape index (κ2) is 10.7. The number of nitrogens with two attached hydrogens (primary N) is 1. The molecule has 4 N–H and O–H groups in total. The molecule has 190 valence electrons. The number of piperazine rings is 1. The number of carbonyl (C=O) groups is 3. The van der Waals surface area contributed by atoms with Gasteiger partial charge >= 0.3 is 0 Å². The molecule has 0 atom stereocenters. The van der Waals surface area contributed by atoms with Crippen LogP contribution < -0.4 is 21.3 Å². The number of pyridine rings is 1. The van der Waals surface area contributed by atoms with Gasteiger partial charge in [0.15, 0.2) is 0 Å². The summed E-state index contributed by atoms with van der Waals surface area (Å²) in [6, 6.07) is 9.09. The van der Waals surface area contributed by atoms with Crippen LogP contribution in [0.25, 0.3) is 0 Å². The van der Waals surface area contributed by atoms with E-state index in [9.17, 15) is 14.4 Å². The van der Waals surface area contributed by atoms with Gasteiger partial charge < -0.3 is 26.2 Å². The van der Waals surface area contributed by atoms with Crippen LogP contribution >= 0.6 is 0 Å². The van der Waals surface area contributed by atoms with Gasteiger partial charge in [0.2, 0.25) is 5.91 Å².